The molecule has 0 N–H and O–H groups in total. The van der Waals surface area contributed by atoms with E-state index in [1.807, 2.05) is 38.1 Å². The van der Waals surface area contributed by atoms with Gasteiger partial charge in [0.25, 0.3) is 5.91 Å². The lowest BCUT2D eigenvalue weighted by Crippen LogP contribution is -2.43. The molecule has 29 heavy (non-hydrogen) atoms. The highest BCUT2D eigenvalue weighted by Crippen LogP contribution is 2.29. The Balaban J connectivity index is 1.54. The van der Waals surface area contributed by atoms with Crippen LogP contribution in [0.3, 0.4) is 0 Å². The SMILES string of the molecule is Cc1cc(C(=O)N2CCOC[C@H]2c2ncon2)cc(C)c1OCc1cccnc1. The topological polar surface area (TPSA) is 90.6 Å². The Morgan fingerprint density at radius 3 is 2.83 bits per heavy atom. The van der Waals surface area contributed by atoms with E-state index >= 15 is 0 Å². The van der Waals surface area contributed by atoms with E-state index in [9.17, 15) is 4.79 Å². The van der Waals surface area contributed by atoms with E-state index in [-0.39, 0.29) is 11.9 Å². The number of morpholine rings is 1. The highest BCUT2D eigenvalue weighted by Gasteiger charge is 2.32. The summed E-state index contributed by atoms with van der Waals surface area (Å²) in [6, 6.07) is 7.19. The lowest BCUT2D eigenvalue weighted by molar-refractivity contribution is -0.00578. The fraction of sp³-hybridized carbons (Fsp3) is 0.333. The quantitative estimate of drug-likeness (QED) is 0.657. The number of nitrogens with zero attached hydrogens (tertiary/aromatic N) is 4. The molecule has 1 atom stereocenters. The van der Waals surface area contributed by atoms with E-state index in [4.69, 9.17) is 14.0 Å². The molecule has 3 heterocycles. The second kappa shape index (κ2) is 8.40. The van der Waals surface area contributed by atoms with Crippen LogP contribution in [0.1, 0.15) is 38.9 Å². The van der Waals surface area contributed by atoms with Gasteiger partial charge in [-0.3, -0.25) is 9.78 Å². The molecule has 0 bridgehead atoms. The lowest BCUT2D eigenvalue weighted by atomic mass is 10.0. The van der Waals surface area contributed by atoms with Crippen LogP contribution in [0.15, 0.2) is 47.6 Å². The molecule has 3 aromatic rings. The second-order valence-electron chi connectivity index (χ2n) is 6.97. The molecular weight excluding hydrogens is 372 g/mol. The van der Waals surface area contributed by atoms with Crippen LogP contribution in [0.5, 0.6) is 5.75 Å². The Morgan fingerprint density at radius 2 is 2.14 bits per heavy atom. The average Bonchev–Trinajstić information content (AvgIpc) is 3.28. The van der Waals surface area contributed by atoms with Gasteiger partial charge in [0.1, 0.15) is 18.4 Å². The van der Waals surface area contributed by atoms with Gasteiger partial charge in [-0.05, 0) is 43.2 Å². The summed E-state index contributed by atoms with van der Waals surface area (Å²) in [4.78, 5) is 23.2. The summed E-state index contributed by atoms with van der Waals surface area (Å²) >= 11 is 0. The predicted octanol–water partition coefficient (Wildman–Crippen LogP) is 2.87. The van der Waals surface area contributed by atoms with Gasteiger partial charge in [-0.25, -0.2) is 0 Å². The first-order chi connectivity index (χ1) is 14.1. The molecule has 8 heteroatoms. The fourth-order valence-corrected chi connectivity index (χ4v) is 3.49. The third-order valence-corrected chi connectivity index (χ3v) is 4.88. The molecule has 1 aromatic carbocycles. The van der Waals surface area contributed by atoms with E-state index in [2.05, 4.69) is 15.1 Å². The number of hydrogen-bond donors (Lipinski definition) is 0. The zero-order valence-electron chi connectivity index (χ0n) is 16.4. The number of pyridine rings is 1. The van der Waals surface area contributed by atoms with Crippen LogP contribution < -0.4 is 4.74 Å². The van der Waals surface area contributed by atoms with E-state index in [0.717, 1.165) is 22.4 Å². The molecule has 1 aliphatic rings. The van der Waals surface area contributed by atoms with E-state index in [1.54, 1.807) is 17.3 Å². The first-order valence-corrected chi connectivity index (χ1v) is 9.41. The van der Waals surface area contributed by atoms with Crippen LogP contribution in [0.2, 0.25) is 0 Å². The van der Waals surface area contributed by atoms with Crippen LogP contribution in [-0.2, 0) is 11.3 Å². The zero-order valence-corrected chi connectivity index (χ0v) is 16.4. The van der Waals surface area contributed by atoms with Gasteiger partial charge in [0.05, 0.1) is 13.2 Å². The van der Waals surface area contributed by atoms with Crippen LogP contribution in [0.25, 0.3) is 0 Å². The molecule has 0 unspecified atom stereocenters. The van der Waals surface area contributed by atoms with Gasteiger partial charge in [-0.1, -0.05) is 11.2 Å². The smallest absolute Gasteiger partial charge is 0.254 e. The van der Waals surface area contributed by atoms with E-state index in [1.165, 1.54) is 6.39 Å². The van der Waals surface area contributed by atoms with Crippen LogP contribution >= 0.6 is 0 Å². The molecule has 1 saturated heterocycles. The van der Waals surface area contributed by atoms with Crippen molar-refractivity contribution in [3.63, 3.8) is 0 Å². The van der Waals surface area contributed by atoms with Crippen molar-refractivity contribution in [1.82, 2.24) is 20.0 Å². The number of carbonyl (C=O) groups is 1. The zero-order chi connectivity index (χ0) is 20.2. The number of amides is 1. The lowest BCUT2D eigenvalue weighted by Gasteiger charge is -2.34. The van der Waals surface area contributed by atoms with Crippen LogP contribution in [-0.4, -0.2) is 45.7 Å². The normalized spacial score (nSPS) is 16.6. The summed E-state index contributed by atoms with van der Waals surface area (Å²) in [5, 5.41) is 3.88. The molecule has 4 rings (SSSR count). The van der Waals surface area contributed by atoms with Gasteiger partial charge in [-0.2, -0.15) is 4.98 Å². The first-order valence-electron chi connectivity index (χ1n) is 9.41. The molecule has 0 spiro atoms. The summed E-state index contributed by atoms with van der Waals surface area (Å²) in [5.41, 5.74) is 3.40. The van der Waals surface area contributed by atoms with Crippen molar-refractivity contribution in [1.29, 1.82) is 0 Å². The Bertz CT molecular complexity index is 953. The van der Waals surface area contributed by atoms with Crippen molar-refractivity contribution < 1.29 is 18.8 Å². The summed E-state index contributed by atoms with van der Waals surface area (Å²) in [5.74, 6) is 1.14. The van der Waals surface area contributed by atoms with Crippen molar-refractivity contribution in [2.24, 2.45) is 0 Å². The Kier molecular flexibility index (Phi) is 5.53. The summed E-state index contributed by atoms with van der Waals surface area (Å²) in [7, 11) is 0. The number of ether oxygens (including phenoxy) is 2. The number of rotatable bonds is 5. The minimum atomic E-state index is -0.364. The summed E-state index contributed by atoms with van der Waals surface area (Å²) in [6.45, 7) is 5.60. The standard InChI is InChI=1S/C21H22N4O4/c1-14-8-17(9-15(2)19(14)28-11-16-4-3-5-22-10-16)21(26)25-6-7-27-12-18(25)20-23-13-29-24-20/h3-5,8-10,13,18H,6-7,11-12H2,1-2H3/t18-/m0/s1. The number of aromatic nitrogens is 3. The van der Waals surface area contributed by atoms with Crippen LogP contribution in [0, 0.1) is 13.8 Å². The van der Waals surface area contributed by atoms with E-state index in [0.29, 0.717) is 37.8 Å². The third kappa shape index (κ3) is 4.12. The maximum atomic E-state index is 13.2. The molecule has 1 aliphatic heterocycles. The van der Waals surface area contributed by atoms with Gasteiger partial charge in [0, 0.05) is 30.1 Å². The number of aryl methyl sites for hydroxylation is 2. The highest BCUT2D eigenvalue weighted by molar-refractivity contribution is 5.95. The minimum absolute atomic E-state index is 0.0897. The molecule has 8 nitrogen and oxygen atoms in total. The Labute approximate surface area is 168 Å². The van der Waals surface area contributed by atoms with Gasteiger partial charge in [0.15, 0.2) is 5.82 Å². The van der Waals surface area contributed by atoms with Crippen molar-refractivity contribution in [2.45, 2.75) is 26.5 Å². The number of benzene rings is 1. The second-order valence-corrected chi connectivity index (χ2v) is 6.97. The Hall–Kier alpha value is -3.26. The summed E-state index contributed by atoms with van der Waals surface area (Å²) < 4.78 is 16.4. The fourth-order valence-electron chi connectivity index (χ4n) is 3.49. The predicted molar refractivity (Wildman–Crippen MR) is 103 cm³/mol. The van der Waals surface area contributed by atoms with Gasteiger partial charge in [0.2, 0.25) is 6.39 Å². The van der Waals surface area contributed by atoms with Crippen molar-refractivity contribution in [2.75, 3.05) is 19.8 Å². The molecular formula is C21H22N4O4. The largest absolute Gasteiger partial charge is 0.488 e. The first kappa shape index (κ1) is 19.1. The molecule has 150 valence electrons. The maximum Gasteiger partial charge on any atom is 0.254 e. The minimum Gasteiger partial charge on any atom is -0.488 e. The third-order valence-electron chi connectivity index (χ3n) is 4.88. The highest BCUT2D eigenvalue weighted by atomic mass is 16.5. The molecule has 0 radical (unpaired) electrons. The van der Waals surface area contributed by atoms with Gasteiger partial charge >= 0.3 is 0 Å². The monoisotopic (exact) mass is 394 g/mol. The number of carbonyl (C=O) groups excluding carboxylic acids is 1. The van der Waals surface area contributed by atoms with Crippen LogP contribution in [0.4, 0.5) is 0 Å². The van der Waals surface area contributed by atoms with Crippen molar-refractivity contribution >= 4 is 5.91 Å². The Morgan fingerprint density at radius 1 is 1.31 bits per heavy atom. The number of hydrogen-bond acceptors (Lipinski definition) is 7. The molecule has 1 amide bonds. The average molecular weight is 394 g/mol. The van der Waals surface area contributed by atoms with Crippen molar-refractivity contribution in [3.8, 4) is 5.75 Å². The maximum absolute atomic E-state index is 13.2. The van der Waals surface area contributed by atoms with Crippen molar-refractivity contribution in [3.05, 3.63) is 71.1 Å². The molecule has 1 fully saturated rings. The van der Waals surface area contributed by atoms with E-state index < -0.39 is 0 Å². The van der Waals surface area contributed by atoms with Gasteiger partial charge < -0.3 is 18.9 Å². The van der Waals surface area contributed by atoms with Gasteiger partial charge in [-0.15, -0.1) is 0 Å². The molecule has 0 aliphatic carbocycles. The molecule has 0 saturated carbocycles. The summed E-state index contributed by atoms with van der Waals surface area (Å²) in [6.07, 6.45) is 4.77. The molecule has 2 aromatic heterocycles.